The van der Waals surface area contributed by atoms with Crippen LogP contribution in [0.3, 0.4) is 0 Å². The summed E-state index contributed by atoms with van der Waals surface area (Å²) in [6, 6.07) is 21.1. The molecule has 0 atom stereocenters. The van der Waals surface area contributed by atoms with E-state index in [4.69, 9.17) is 11.6 Å². The largest absolute Gasteiger partial charge is 0.289 e. The Morgan fingerprint density at radius 2 is 1.57 bits per heavy atom. The lowest BCUT2D eigenvalue weighted by Gasteiger charge is -2.01. The topological polar surface area (TPSA) is 17.1 Å². The van der Waals surface area contributed by atoms with E-state index in [1.165, 1.54) is 5.39 Å². The normalized spacial score (nSPS) is 11.1. The Labute approximate surface area is 128 Å². The van der Waals surface area contributed by atoms with Gasteiger partial charge in [-0.05, 0) is 46.7 Å². The fraction of sp³-hybridized carbons (Fsp3) is 0. The second kappa shape index (κ2) is 5.94. The van der Waals surface area contributed by atoms with E-state index in [9.17, 15) is 4.79 Å². The van der Waals surface area contributed by atoms with Gasteiger partial charge in [0, 0.05) is 10.6 Å². The molecule has 3 aromatic carbocycles. The third-order valence-corrected chi connectivity index (χ3v) is 3.62. The van der Waals surface area contributed by atoms with Crippen LogP contribution in [0.15, 0.2) is 72.8 Å². The number of rotatable bonds is 3. The zero-order chi connectivity index (χ0) is 14.7. The Bertz CT molecular complexity index is 811. The summed E-state index contributed by atoms with van der Waals surface area (Å²) >= 11 is 5.83. The average molecular weight is 293 g/mol. The van der Waals surface area contributed by atoms with Crippen molar-refractivity contribution in [3.63, 3.8) is 0 Å². The summed E-state index contributed by atoms with van der Waals surface area (Å²) in [4.78, 5) is 12.1. The van der Waals surface area contributed by atoms with E-state index in [-0.39, 0.29) is 5.78 Å². The first-order valence-electron chi connectivity index (χ1n) is 6.70. The Balaban J connectivity index is 1.91. The summed E-state index contributed by atoms with van der Waals surface area (Å²) in [5, 5.41) is 2.93. The van der Waals surface area contributed by atoms with Crippen LogP contribution < -0.4 is 0 Å². The zero-order valence-corrected chi connectivity index (χ0v) is 12.0. The number of carbonyl (C=O) groups is 1. The van der Waals surface area contributed by atoms with Crippen LogP contribution in [0.5, 0.6) is 0 Å². The van der Waals surface area contributed by atoms with Crippen molar-refractivity contribution < 1.29 is 4.79 Å². The standard InChI is InChI=1S/C19H13ClO/c20-17-11-8-16(9-12-17)19(21)13-10-15-6-3-5-14-4-1-2-7-18(14)15/h1-13H/b13-10-. The van der Waals surface area contributed by atoms with Crippen molar-refractivity contribution in [1.29, 1.82) is 0 Å². The van der Waals surface area contributed by atoms with E-state index in [0.29, 0.717) is 10.6 Å². The van der Waals surface area contributed by atoms with Crippen LogP contribution in [0.1, 0.15) is 15.9 Å². The number of allylic oxidation sites excluding steroid dienone is 1. The van der Waals surface area contributed by atoms with Crippen molar-refractivity contribution in [1.82, 2.24) is 0 Å². The first-order valence-corrected chi connectivity index (χ1v) is 7.07. The molecule has 102 valence electrons. The summed E-state index contributed by atoms with van der Waals surface area (Å²) in [6.45, 7) is 0. The van der Waals surface area contributed by atoms with E-state index < -0.39 is 0 Å². The molecule has 0 saturated carbocycles. The number of halogens is 1. The predicted octanol–water partition coefficient (Wildman–Crippen LogP) is 5.39. The van der Waals surface area contributed by atoms with Crippen molar-refractivity contribution in [2.75, 3.05) is 0 Å². The highest BCUT2D eigenvalue weighted by atomic mass is 35.5. The predicted molar refractivity (Wildman–Crippen MR) is 88.8 cm³/mol. The summed E-state index contributed by atoms with van der Waals surface area (Å²) in [6.07, 6.45) is 3.46. The first-order chi connectivity index (χ1) is 10.2. The van der Waals surface area contributed by atoms with Gasteiger partial charge in [-0.3, -0.25) is 4.79 Å². The van der Waals surface area contributed by atoms with Crippen LogP contribution in [0.2, 0.25) is 5.02 Å². The molecule has 0 aliphatic heterocycles. The molecule has 0 N–H and O–H groups in total. The second-order valence-corrected chi connectivity index (χ2v) is 5.21. The van der Waals surface area contributed by atoms with E-state index in [2.05, 4.69) is 18.2 Å². The minimum absolute atomic E-state index is 0.0281. The number of hydrogen-bond donors (Lipinski definition) is 0. The molecule has 1 nitrogen and oxygen atoms in total. The van der Waals surface area contributed by atoms with Crippen LogP contribution in [0.4, 0.5) is 0 Å². The molecule has 0 bridgehead atoms. The van der Waals surface area contributed by atoms with Gasteiger partial charge in [0.05, 0.1) is 0 Å². The molecule has 3 rings (SSSR count). The first kappa shape index (κ1) is 13.6. The molecule has 3 aromatic rings. The molecule has 0 aliphatic rings. The van der Waals surface area contributed by atoms with Crippen molar-refractivity contribution in [2.24, 2.45) is 0 Å². The maximum Gasteiger partial charge on any atom is 0.185 e. The summed E-state index contributed by atoms with van der Waals surface area (Å²) in [5.41, 5.74) is 1.67. The summed E-state index contributed by atoms with van der Waals surface area (Å²) in [7, 11) is 0. The van der Waals surface area contributed by atoms with Crippen molar-refractivity contribution >= 4 is 34.2 Å². The summed E-state index contributed by atoms with van der Waals surface area (Å²) in [5.74, 6) is -0.0281. The molecular weight excluding hydrogens is 280 g/mol. The highest BCUT2D eigenvalue weighted by Gasteiger charge is 2.02. The Morgan fingerprint density at radius 3 is 2.38 bits per heavy atom. The van der Waals surface area contributed by atoms with E-state index >= 15 is 0 Å². The smallest absolute Gasteiger partial charge is 0.185 e. The molecule has 21 heavy (non-hydrogen) atoms. The molecule has 0 unspecified atom stereocenters. The molecule has 0 saturated heterocycles. The number of benzene rings is 3. The molecule has 0 heterocycles. The third kappa shape index (κ3) is 3.04. The van der Waals surface area contributed by atoms with E-state index in [0.717, 1.165) is 10.9 Å². The highest BCUT2D eigenvalue weighted by Crippen LogP contribution is 2.20. The monoisotopic (exact) mass is 292 g/mol. The molecule has 0 radical (unpaired) electrons. The lowest BCUT2D eigenvalue weighted by Crippen LogP contribution is -1.93. The quantitative estimate of drug-likeness (QED) is 0.467. The number of carbonyl (C=O) groups excluding carboxylic acids is 1. The molecular formula is C19H13ClO. The van der Waals surface area contributed by atoms with Gasteiger partial charge in [-0.1, -0.05) is 60.1 Å². The van der Waals surface area contributed by atoms with Gasteiger partial charge in [-0.2, -0.15) is 0 Å². The van der Waals surface area contributed by atoms with Crippen molar-refractivity contribution in [3.05, 3.63) is 89.0 Å². The molecule has 0 aromatic heterocycles. The number of hydrogen-bond acceptors (Lipinski definition) is 1. The third-order valence-electron chi connectivity index (χ3n) is 3.37. The highest BCUT2D eigenvalue weighted by molar-refractivity contribution is 6.30. The summed E-state index contributed by atoms with van der Waals surface area (Å²) < 4.78 is 0. The van der Waals surface area contributed by atoms with Crippen LogP contribution >= 0.6 is 11.6 Å². The van der Waals surface area contributed by atoms with E-state index in [1.54, 1.807) is 30.3 Å². The lowest BCUT2D eigenvalue weighted by molar-refractivity contribution is 0.104. The molecule has 0 amide bonds. The zero-order valence-electron chi connectivity index (χ0n) is 11.3. The molecule has 0 aliphatic carbocycles. The molecule has 0 fully saturated rings. The fourth-order valence-electron chi connectivity index (χ4n) is 2.27. The van der Waals surface area contributed by atoms with Gasteiger partial charge in [-0.25, -0.2) is 0 Å². The van der Waals surface area contributed by atoms with E-state index in [1.807, 2.05) is 30.3 Å². The maximum atomic E-state index is 12.1. The van der Waals surface area contributed by atoms with Gasteiger partial charge in [-0.15, -0.1) is 0 Å². The minimum Gasteiger partial charge on any atom is -0.289 e. The van der Waals surface area contributed by atoms with Gasteiger partial charge in [0.25, 0.3) is 0 Å². The van der Waals surface area contributed by atoms with Crippen molar-refractivity contribution in [3.8, 4) is 0 Å². The van der Waals surface area contributed by atoms with Gasteiger partial charge >= 0.3 is 0 Å². The van der Waals surface area contributed by atoms with Gasteiger partial charge in [0.15, 0.2) is 5.78 Å². The van der Waals surface area contributed by atoms with Gasteiger partial charge in [0.2, 0.25) is 0 Å². The van der Waals surface area contributed by atoms with Crippen molar-refractivity contribution in [2.45, 2.75) is 0 Å². The second-order valence-electron chi connectivity index (χ2n) is 4.77. The lowest BCUT2D eigenvalue weighted by atomic mass is 10.0. The molecule has 2 heteroatoms. The Kier molecular flexibility index (Phi) is 3.85. The average Bonchev–Trinajstić information content (AvgIpc) is 2.53. The molecule has 0 spiro atoms. The van der Waals surface area contributed by atoms with Crippen LogP contribution in [-0.2, 0) is 0 Å². The SMILES string of the molecule is O=C(/C=C\c1cccc2ccccc12)c1ccc(Cl)cc1. The van der Waals surface area contributed by atoms with Gasteiger partial charge in [0.1, 0.15) is 0 Å². The van der Waals surface area contributed by atoms with Crippen LogP contribution in [0.25, 0.3) is 16.8 Å². The fourth-order valence-corrected chi connectivity index (χ4v) is 2.40. The van der Waals surface area contributed by atoms with Crippen LogP contribution in [0, 0.1) is 0 Å². The number of ketones is 1. The van der Waals surface area contributed by atoms with Gasteiger partial charge < -0.3 is 0 Å². The number of fused-ring (bicyclic) bond motifs is 1. The minimum atomic E-state index is -0.0281. The Hall–Kier alpha value is -2.38. The maximum absolute atomic E-state index is 12.1. The Morgan fingerprint density at radius 1 is 0.857 bits per heavy atom. The van der Waals surface area contributed by atoms with Crippen LogP contribution in [-0.4, -0.2) is 5.78 Å².